The van der Waals surface area contributed by atoms with Gasteiger partial charge in [0.1, 0.15) is 5.82 Å². The molecule has 0 saturated carbocycles. The van der Waals surface area contributed by atoms with Crippen molar-refractivity contribution in [3.05, 3.63) is 46.7 Å². The molecule has 0 radical (unpaired) electrons. The first-order valence-electron chi connectivity index (χ1n) is 11.5. The topological polar surface area (TPSA) is 112 Å². The van der Waals surface area contributed by atoms with Crippen molar-refractivity contribution in [3.63, 3.8) is 0 Å². The summed E-state index contributed by atoms with van der Waals surface area (Å²) in [4.78, 5) is 28.3. The maximum absolute atomic E-state index is 11.6. The Morgan fingerprint density at radius 2 is 2.11 bits per heavy atom. The third kappa shape index (κ3) is 6.94. The lowest BCUT2D eigenvalue weighted by atomic mass is 10.0. The van der Waals surface area contributed by atoms with Crippen LogP contribution in [0.2, 0.25) is 5.02 Å². The Hall–Kier alpha value is -1.92. The minimum Gasteiger partial charge on any atom is -0.481 e. The molecule has 13 heteroatoms. The lowest BCUT2D eigenvalue weighted by molar-refractivity contribution is -0.113. The first-order chi connectivity index (χ1) is 17.0. The van der Waals surface area contributed by atoms with Gasteiger partial charge in [-0.3, -0.25) is 9.78 Å². The summed E-state index contributed by atoms with van der Waals surface area (Å²) >= 11 is 7.96. The Kier molecular flexibility index (Phi) is 10.6. The van der Waals surface area contributed by atoms with Gasteiger partial charge < -0.3 is 25.4 Å². The first-order valence-corrected chi connectivity index (χ1v) is 12.9. The number of aromatic nitrogens is 3. The fourth-order valence-electron chi connectivity index (χ4n) is 4.48. The molecule has 5 rings (SSSR count). The smallest absolute Gasteiger partial charge is 0.235 e. The average Bonchev–Trinajstić information content (AvgIpc) is 2.87. The van der Waals surface area contributed by atoms with E-state index in [4.69, 9.17) is 16.3 Å². The highest BCUT2D eigenvalue weighted by molar-refractivity contribution is 8.00. The number of carbonyl (C=O) groups excluding carboxylic acids is 1. The number of rotatable bonds is 7. The first kappa shape index (κ1) is 29.6. The van der Waals surface area contributed by atoms with Gasteiger partial charge in [0.2, 0.25) is 11.8 Å². The molecule has 3 aromatic rings. The van der Waals surface area contributed by atoms with Crippen molar-refractivity contribution >= 4 is 70.9 Å². The van der Waals surface area contributed by atoms with Crippen LogP contribution in [0.4, 0.5) is 5.82 Å². The van der Waals surface area contributed by atoms with E-state index in [-0.39, 0.29) is 36.8 Å². The molecule has 37 heavy (non-hydrogen) atoms. The second-order valence-electron chi connectivity index (χ2n) is 8.69. The minimum absolute atomic E-state index is 0. The highest BCUT2D eigenvalue weighted by atomic mass is 35.5. The van der Waals surface area contributed by atoms with Crippen molar-refractivity contribution < 1.29 is 14.6 Å². The number of ether oxygens (including phenoxy) is 1. The lowest BCUT2D eigenvalue weighted by Gasteiger charge is -2.36. The van der Waals surface area contributed by atoms with E-state index in [1.54, 1.807) is 19.4 Å². The number of carbonyl (C=O) groups is 1. The average molecular weight is 588 g/mol. The van der Waals surface area contributed by atoms with E-state index in [0.29, 0.717) is 42.0 Å². The highest BCUT2D eigenvalue weighted by Crippen LogP contribution is 2.30. The number of nitrogens with zero attached hydrogens (tertiary/aromatic N) is 4. The number of anilines is 1. The van der Waals surface area contributed by atoms with E-state index in [2.05, 4.69) is 30.5 Å². The van der Waals surface area contributed by atoms with E-state index in [9.17, 15) is 9.90 Å². The summed E-state index contributed by atoms with van der Waals surface area (Å²) in [6, 6.07) is 7.59. The number of hydrogen-bond acceptors (Lipinski definition) is 9. The molecule has 1 amide bonds. The number of nitrogens with one attached hydrogen (secondary N) is 2. The second kappa shape index (κ2) is 13.2. The quantitative estimate of drug-likeness (QED) is 0.383. The van der Waals surface area contributed by atoms with Crippen molar-refractivity contribution in [3.8, 4) is 5.88 Å². The number of likely N-dealkylation sites (tertiary alicyclic amines) is 1. The molecule has 9 nitrogen and oxygen atoms in total. The predicted octanol–water partition coefficient (Wildman–Crippen LogP) is 3.34. The zero-order valence-electron chi connectivity index (χ0n) is 20.1. The van der Waals surface area contributed by atoms with Crippen molar-refractivity contribution in [2.75, 3.05) is 37.8 Å². The number of methoxy groups -OCH3 is 1. The number of thioether (sulfide) groups is 1. The van der Waals surface area contributed by atoms with Crippen LogP contribution < -0.4 is 15.4 Å². The zero-order valence-corrected chi connectivity index (χ0v) is 23.4. The highest BCUT2D eigenvalue weighted by Gasteiger charge is 2.27. The van der Waals surface area contributed by atoms with Gasteiger partial charge in [-0.2, -0.15) is 0 Å². The van der Waals surface area contributed by atoms with Gasteiger partial charge in [0.15, 0.2) is 0 Å². The number of aliphatic hydroxyl groups excluding tert-OH is 1. The van der Waals surface area contributed by atoms with Gasteiger partial charge in [-0.05, 0) is 37.6 Å². The van der Waals surface area contributed by atoms with E-state index >= 15 is 0 Å². The molecular weight excluding hydrogens is 559 g/mol. The van der Waals surface area contributed by atoms with Crippen LogP contribution in [0.15, 0.2) is 35.4 Å². The number of fused-ring (bicyclic) bond motifs is 2. The van der Waals surface area contributed by atoms with Gasteiger partial charge in [-0.25, -0.2) is 9.97 Å². The zero-order chi connectivity index (χ0) is 24.4. The van der Waals surface area contributed by atoms with Crippen molar-refractivity contribution in [2.45, 2.75) is 36.4 Å². The fraction of sp³-hybridized carbons (Fsp3) is 0.417. The monoisotopic (exact) mass is 586 g/mol. The van der Waals surface area contributed by atoms with E-state index in [1.807, 2.05) is 18.2 Å². The summed E-state index contributed by atoms with van der Waals surface area (Å²) < 4.78 is 5.27. The van der Waals surface area contributed by atoms with Crippen molar-refractivity contribution in [1.82, 2.24) is 25.2 Å². The SMILES string of the molecule is COc1ccc2ncc(Cl)c(CCN3CCC(NCc4ccc5c(n4)NC(=O)CS5)C(O)C3)c2n1.Cl.Cl. The Bertz CT molecular complexity index is 1250. The summed E-state index contributed by atoms with van der Waals surface area (Å²) in [7, 11) is 1.59. The molecule has 200 valence electrons. The summed E-state index contributed by atoms with van der Waals surface area (Å²) in [5.41, 5.74) is 3.31. The van der Waals surface area contributed by atoms with Crippen LogP contribution in [0.25, 0.3) is 11.0 Å². The van der Waals surface area contributed by atoms with Gasteiger partial charge in [0.25, 0.3) is 0 Å². The van der Waals surface area contributed by atoms with Gasteiger partial charge >= 0.3 is 0 Å². The number of pyridine rings is 3. The van der Waals surface area contributed by atoms with Crippen LogP contribution in [0, 0.1) is 0 Å². The summed E-state index contributed by atoms with van der Waals surface area (Å²) in [5, 5.41) is 17.6. The maximum atomic E-state index is 11.6. The Labute approximate surface area is 236 Å². The van der Waals surface area contributed by atoms with E-state index < -0.39 is 6.10 Å². The number of hydrogen-bond donors (Lipinski definition) is 3. The molecule has 1 saturated heterocycles. The number of aliphatic hydroxyl groups is 1. The summed E-state index contributed by atoms with van der Waals surface area (Å²) in [6.07, 6.45) is 2.68. The number of halogens is 3. The second-order valence-corrected chi connectivity index (χ2v) is 10.1. The maximum Gasteiger partial charge on any atom is 0.235 e. The molecule has 2 aliphatic rings. The normalized spacial score (nSPS) is 19.4. The third-order valence-electron chi connectivity index (χ3n) is 6.37. The Morgan fingerprint density at radius 1 is 1.27 bits per heavy atom. The standard InChI is InChI=1S/C24H27ClN6O3S.2ClH/c1-34-22-5-3-18-23(30-22)15(16(25)11-27-18)6-8-31-9-7-17(19(32)12-31)26-10-14-2-4-20-24(28-14)29-21(33)13-35-20;;/h2-5,11,17,19,26,32H,6-10,12-13H2,1H3,(H,28,29,33);2*1H. The van der Waals surface area contributed by atoms with Crippen molar-refractivity contribution in [2.24, 2.45) is 0 Å². The Balaban J connectivity index is 0.00000190. The molecule has 0 aliphatic carbocycles. The van der Waals surface area contributed by atoms with Gasteiger partial charge in [-0.1, -0.05) is 11.6 Å². The molecule has 3 aromatic heterocycles. The minimum atomic E-state index is -0.500. The Morgan fingerprint density at radius 3 is 2.89 bits per heavy atom. The van der Waals surface area contributed by atoms with Crippen molar-refractivity contribution in [1.29, 1.82) is 0 Å². The molecule has 2 unspecified atom stereocenters. The molecule has 1 fully saturated rings. The van der Waals surface area contributed by atoms with Crippen LogP contribution in [0.1, 0.15) is 17.7 Å². The summed E-state index contributed by atoms with van der Waals surface area (Å²) in [6.45, 7) is 2.71. The predicted molar refractivity (Wildman–Crippen MR) is 151 cm³/mol. The van der Waals surface area contributed by atoms with Gasteiger partial charge in [0.05, 0.1) is 45.6 Å². The van der Waals surface area contributed by atoms with Crippen LogP contribution in [-0.4, -0.2) is 75.5 Å². The molecule has 2 atom stereocenters. The molecule has 0 spiro atoms. The molecule has 2 aliphatic heterocycles. The molecule has 0 bridgehead atoms. The number of amides is 1. The van der Waals surface area contributed by atoms with E-state index in [1.165, 1.54) is 11.8 Å². The molecule has 0 aromatic carbocycles. The third-order valence-corrected chi connectivity index (χ3v) is 7.74. The molecular formula is C24H29Cl3N6O3S. The van der Waals surface area contributed by atoms with Gasteiger partial charge in [0, 0.05) is 43.5 Å². The van der Waals surface area contributed by atoms with Crippen LogP contribution in [-0.2, 0) is 17.8 Å². The van der Waals surface area contributed by atoms with Crippen LogP contribution >= 0.6 is 48.2 Å². The lowest BCUT2D eigenvalue weighted by Crippen LogP contribution is -2.52. The molecule has 3 N–H and O–H groups in total. The fourth-order valence-corrected chi connectivity index (χ4v) is 5.46. The van der Waals surface area contributed by atoms with Crippen LogP contribution in [0.5, 0.6) is 5.88 Å². The van der Waals surface area contributed by atoms with Crippen LogP contribution in [0.3, 0.4) is 0 Å². The largest absolute Gasteiger partial charge is 0.481 e. The van der Waals surface area contributed by atoms with Gasteiger partial charge in [-0.15, -0.1) is 36.6 Å². The summed E-state index contributed by atoms with van der Waals surface area (Å²) in [5.74, 6) is 1.54. The van der Waals surface area contributed by atoms with E-state index in [0.717, 1.165) is 46.7 Å². The molecule has 5 heterocycles. The number of β-amino-alcohol motifs (C(OH)–C–C–N with tert-alkyl or cyclic N) is 1. The number of piperidine rings is 1.